The Bertz CT molecular complexity index is 302. The van der Waals surface area contributed by atoms with E-state index in [1.807, 2.05) is 6.07 Å². The van der Waals surface area contributed by atoms with Crippen LogP contribution in [0, 0.1) is 0 Å². The highest BCUT2D eigenvalue weighted by atomic mass is 16.5. The van der Waals surface area contributed by atoms with Gasteiger partial charge in [-0.2, -0.15) is 0 Å². The highest BCUT2D eigenvalue weighted by Gasteiger charge is 2.01. The smallest absolute Gasteiger partial charge is 0.145 e. The van der Waals surface area contributed by atoms with Gasteiger partial charge in [-0.1, -0.05) is 0 Å². The zero-order chi connectivity index (χ0) is 11.1. The molecule has 1 aromatic carbocycles. The molecule has 0 radical (unpaired) electrons. The average Bonchev–Trinajstić information content (AvgIpc) is 2.26. The number of ether oxygens (including phenoxy) is 3. The van der Waals surface area contributed by atoms with Crippen LogP contribution in [0.2, 0.25) is 0 Å². The lowest BCUT2D eigenvalue weighted by molar-refractivity contribution is 0.172. The maximum absolute atomic E-state index is 5.68. The number of hydrogen-bond acceptors (Lipinski definition) is 4. The standard InChI is InChI=1S/C11H17NO3/c1-13-6-3-7-15-9-4-5-10(12)11(8-9)14-2/h4-5,8H,3,6-7,12H2,1-2H3. The SMILES string of the molecule is COCCCOc1ccc(N)c(OC)c1. The van der Waals surface area contributed by atoms with E-state index in [2.05, 4.69) is 0 Å². The van der Waals surface area contributed by atoms with E-state index in [1.54, 1.807) is 26.4 Å². The van der Waals surface area contributed by atoms with Crippen LogP contribution in [0.5, 0.6) is 11.5 Å². The van der Waals surface area contributed by atoms with Gasteiger partial charge in [0.15, 0.2) is 0 Å². The molecule has 2 N–H and O–H groups in total. The third-order valence-corrected chi connectivity index (χ3v) is 1.97. The van der Waals surface area contributed by atoms with Crippen molar-refractivity contribution in [1.29, 1.82) is 0 Å². The van der Waals surface area contributed by atoms with Gasteiger partial charge in [0.2, 0.25) is 0 Å². The van der Waals surface area contributed by atoms with E-state index in [0.717, 1.165) is 12.2 Å². The number of hydrogen-bond donors (Lipinski definition) is 1. The van der Waals surface area contributed by atoms with Crippen molar-refractivity contribution < 1.29 is 14.2 Å². The van der Waals surface area contributed by atoms with Gasteiger partial charge < -0.3 is 19.9 Å². The molecule has 1 rings (SSSR count). The minimum atomic E-state index is 0.613. The Kier molecular flexibility index (Phi) is 4.77. The number of benzene rings is 1. The summed E-state index contributed by atoms with van der Waals surface area (Å²) < 4.78 is 15.5. The minimum Gasteiger partial charge on any atom is -0.494 e. The zero-order valence-corrected chi connectivity index (χ0v) is 9.16. The lowest BCUT2D eigenvalue weighted by atomic mass is 10.3. The summed E-state index contributed by atoms with van der Waals surface area (Å²) in [4.78, 5) is 0. The van der Waals surface area contributed by atoms with Crippen molar-refractivity contribution in [1.82, 2.24) is 0 Å². The molecule has 0 aromatic heterocycles. The molecule has 0 bridgehead atoms. The Hall–Kier alpha value is -1.42. The van der Waals surface area contributed by atoms with Crippen LogP contribution in [-0.4, -0.2) is 27.4 Å². The van der Waals surface area contributed by atoms with Crippen molar-refractivity contribution in [2.45, 2.75) is 6.42 Å². The summed E-state index contributed by atoms with van der Waals surface area (Å²) in [6.07, 6.45) is 0.864. The first kappa shape index (κ1) is 11.7. The van der Waals surface area contributed by atoms with Crippen molar-refractivity contribution in [3.8, 4) is 11.5 Å². The summed E-state index contributed by atoms with van der Waals surface area (Å²) in [6, 6.07) is 5.37. The molecule has 0 spiro atoms. The molecular formula is C11H17NO3. The lowest BCUT2D eigenvalue weighted by Gasteiger charge is -2.09. The molecule has 0 amide bonds. The van der Waals surface area contributed by atoms with Gasteiger partial charge in [-0.25, -0.2) is 0 Å². The summed E-state index contributed by atoms with van der Waals surface area (Å²) in [6.45, 7) is 1.33. The van der Waals surface area contributed by atoms with Gasteiger partial charge in [-0.05, 0) is 12.1 Å². The highest BCUT2D eigenvalue weighted by Crippen LogP contribution is 2.26. The summed E-state index contributed by atoms with van der Waals surface area (Å²) in [7, 11) is 3.26. The van der Waals surface area contributed by atoms with Crippen LogP contribution in [0.1, 0.15) is 6.42 Å². The largest absolute Gasteiger partial charge is 0.494 e. The first-order chi connectivity index (χ1) is 7.27. The number of nitrogen functional groups attached to an aromatic ring is 1. The monoisotopic (exact) mass is 211 g/mol. The fraction of sp³-hybridized carbons (Fsp3) is 0.455. The van der Waals surface area contributed by atoms with Crippen LogP contribution in [0.4, 0.5) is 5.69 Å². The van der Waals surface area contributed by atoms with E-state index in [-0.39, 0.29) is 0 Å². The fourth-order valence-electron chi connectivity index (χ4n) is 1.17. The molecule has 1 aromatic rings. The van der Waals surface area contributed by atoms with Gasteiger partial charge in [-0.3, -0.25) is 0 Å². The third-order valence-electron chi connectivity index (χ3n) is 1.97. The van der Waals surface area contributed by atoms with Gasteiger partial charge in [0, 0.05) is 26.2 Å². The number of rotatable bonds is 6. The third kappa shape index (κ3) is 3.67. The molecule has 0 aliphatic carbocycles. The normalized spacial score (nSPS) is 10.0. The summed E-state index contributed by atoms with van der Waals surface area (Å²) in [5.74, 6) is 1.40. The molecule has 0 atom stereocenters. The summed E-state index contributed by atoms with van der Waals surface area (Å²) in [5, 5.41) is 0. The molecule has 4 heteroatoms. The van der Waals surface area contributed by atoms with Crippen LogP contribution in [0.25, 0.3) is 0 Å². The second-order valence-corrected chi connectivity index (χ2v) is 3.10. The van der Waals surface area contributed by atoms with Crippen molar-refractivity contribution in [2.75, 3.05) is 33.2 Å². The molecule has 84 valence electrons. The molecular weight excluding hydrogens is 194 g/mol. The van der Waals surface area contributed by atoms with Gasteiger partial charge >= 0.3 is 0 Å². The predicted molar refractivity (Wildman–Crippen MR) is 59.4 cm³/mol. The second kappa shape index (κ2) is 6.14. The topological polar surface area (TPSA) is 53.7 Å². The Morgan fingerprint density at radius 2 is 2.00 bits per heavy atom. The maximum Gasteiger partial charge on any atom is 0.145 e. The molecule has 0 unspecified atom stereocenters. The number of nitrogens with two attached hydrogens (primary N) is 1. The maximum atomic E-state index is 5.68. The molecule has 0 aliphatic heterocycles. The fourth-order valence-corrected chi connectivity index (χ4v) is 1.17. The zero-order valence-electron chi connectivity index (χ0n) is 9.16. The Balaban J connectivity index is 2.47. The van der Waals surface area contributed by atoms with Crippen LogP contribution >= 0.6 is 0 Å². The van der Waals surface area contributed by atoms with Crippen molar-refractivity contribution >= 4 is 5.69 Å². The van der Waals surface area contributed by atoms with E-state index in [4.69, 9.17) is 19.9 Å². The summed E-state index contributed by atoms with van der Waals surface area (Å²) >= 11 is 0. The Labute approximate surface area is 89.9 Å². The van der Waals surface area contributed by atoms with Crippen LogP contribution < -0.4 is 15.2 Å². The molecule has 0 saturated heterocycles. The van der Waals surface area contributed by atoms with Crippen molar-refractivity contribution in [3.05, 3.63) is 18.2 Å². The molecule has 4 nitrogen and oxygen atoms in total. The molecule has 0 heterocycles. The molecule has 0 saturated carbocycles. The average molecular weight is 211 g/mol. The van der Waals surface area contributed by atoms with E-state index in [1.165, 1.54) is 0 Å². The van der Waals surface area contributed by atoms with Crippen LogP contribution in [0.3, 0.4) is 0 Å². The summed E-state index contributed by atoms with van der Waals surface area (Å²) in [5.41, 5.74) is 6.29. The Morgan fingerprint density at radius 3 is 2.67 bits per heavy atom. The predicted octanol–water partition coefficient (Wildman–Crippen LogP) is 1.69. The number of anilines is 1. The van der Waals surface area contributed by atoms with Crippen molar-refractivity contribution in [3.63, 3.8) is 0 Å². The van der Waals surface area contributed by atoms with Crippen LogP contribution in [-0.2, 0) is 4.74 Å². The lowest BCUT2D eigenvalue weighted by Crippen LogP contribution is -2.02. The van der Waals surface area contributed by atoms with Crippen molar-refractivity contribution in [2.24, 2.45) is 0 Å². The van der Waals surface area contributed by atoms with Gasteiger partial charge in [0.05, 0.1) is 19.4 Å². The second-order valence-electron chi connectivity index (χ2n) is 3.10. The van der Waals surface area contributed by atoms with E-state index in [0.29, 0.717) is 24.7 Å². The first-order valence-corrected chi connectivity index (χ1v) is 4.83. The van der Waals surface area contributed by atoms with E-state index >= 15 is 0 Å². The highest BCUT2D eigenvalue weighted by molar-refractivity contribution is 5.55. The Morgan fingerprint density at radius 1 is 1.20 bits per heavy atom. The minimum absolute atomic E-state index is 0.613. The number of methoxy groups -OCH3 is 2. The van der Waals surface area contributed by atoms with Gasteiger partial charge in [0.25, 0.3) is 0 Å². The molecule has 15 heavy (non-hydrogen) atoms. The quantitative estimate of drug-likeness (QED) is 0.574. The van der Waals surface area contributed by atoms with Gasteiger partial charge in [0.1, 0.15) is 11.5 Å². The van der Waals surface area contributed by atoms with E-state index in [9.17, 15) is 0 Å². The molecule has 0 aliphatic rings. The molecule has 0 fully saturated rings. The van der Waals surface area contributed by atoms with Crippen LogP contribution in [0.15, 0.2) is 18.2 Å². The van der Waals surface area contributed by atoms with Gasteiger partial charge in [-0.15, -0.1) is 0 Å². The first-order valence-electron chi connectivity index (χ1n) is 4.83. The van der Waals surface area contributed by atoms with E-state index < -0.39 is 0 Å².